The molecule has 112 valence electrons. The highest BCUT2D eigenvalue weighted by molar-refractivity contribution is 6.42. The molecule has 0 atom stereocenters. The van der Waals surface area contributed by atoms with E-state index in [4.69, 9.17) is 23.2 Å². The van der Waals surface area contributed by atoms with Crippen molar-refractivity contribution >= 4 is 40.1 Å². The van der Waals surface area contributed by atoms with E-state index >= 15 is 0 Å². The van der Waals surface area contributed by atoms with Crippen molar-refractivity contribution < 1.29 is 4.79 Å². The van der Waals surface area contributed by atoms with E-state index < -0.39 is 11.5 Å². The number of halogens is 2. The number of amides is 1. The summed E-state index contributed by atoms with van der Waals surface area (Å²) in [5.41, 5.74) is 0.0730. The van der Waals surface area contributed by atoms with Crippen LogP contribution in [-0.2, 0) is 0 Å². The third-order valence-electron chi connectivity index (χ3n) is 2.79. The highest BCUT2D eigenvalue weighted by atomic mass is 35.5. The van der Waals surface area contributed by atoms with Crippen LogP contribution in [0, 0.1) is 0 Å². The lowest BCUT2D eigenvalue weighted by Gasteiger charge is -2.10. The van der Waals surface area contributed by atoms with Gasteiger partial charge in [-0.2, -0.15) is 0 Å². The van der Waals surface area contributed by atoms with Crippen LogP contribution in [0.2, 0.25) is 10.0 Å². The zero-order valence-electron chi connectivity index (χ0n) is 11.5. The van der Waals surface area contributed by atoms with E-state index in [1.54, 1.807) is 0 Å². The van der Waals surface area contributed by atoms with Crippen molar-refractivity contribution in [1.29, 1.82) is 0 Å². The van der Waals surface area contributed by atoms with E-state index in [0.717, 1.165) is 0 Å². The number of aromatic nitrogens is 2. The Morgan fingerprint density at radius 1 is 1.33 bits per heavy atom. The molecule has 0 aliphatic rings. The molecule has 8 heteroatoms. The van der Waals surface area contributed by atoms with Crippen LogP contribution < -0.4 is 10.9 Å². The fourth-order valence-electron chi connectivity index (χ4n) is 1.71. The number of carbonyl (C=O) groups is 1. The van der Waals surface area contributed by atoms with Gasteiger partial charge in [0.2, 0.25) is 0 Å². The number of nitrogens with zero attached hydrogens (tertiary/aromatic N) is 2. The quantitative estimate of drug-likeness (QED) is 0.892. The molecule has 1 aromatic heterocycles. The van der Waals surface area contributed by atoms with Gasteiger partial charge in [-0.3, -0.25) is 9.59 Å². The predicted octanol–water partition coefficient (Wildman–Crippen LogP) is 1.52. The number of aromatic amines is 1. The molecule has 0 unspecified atom stereocenters. The number of nitrogens with one attached hydrogen (secondary N) is 2. The molecule has 0 bridgehead atoms. The molecule has 1 heterocycles. The Kier molecular flexibility index (Phi) is 4.82. The molecular formula is C13H14Cl2N4O2. The van der Waals surface area contributed by atoms with Crippen molar-refractivity contribution in [2.24, 2.45) is 0 Å². The number of benzene rings is 1. The van der Waals surface area contributed by atoms with E-state index in [2.05, 4.69) is 15.3 Å². The van der Waals surface area contributed by atoms with Crippen molar-refractivity contribution in [3.63, 3.8) is 0 Å². The van der Waals surface area contributed by atoms with Crippen molar-refractivity contribution in [3.05, 3.63) is 38.2 Å². The van der Waals surface area contributed by atoms with Gasteiger partial charge in [-0.05, 0) is 26.2 Å². The molecule has 0 radical (unpaired) electrons. The third kappa shape index (κ3) is 3.72. The highest BCUT2D eigenvalue weighted by Crippen LogP contribution is 2.25. The molecule has 0 saturated heterocycles. The number of likely N-dealkylation sites (N-methyl/N-ethyl adjacent to an activating group) is 1. The molecule has 6 nitrogen and oxygen atoms in total. The average molecular weight is 329 g/mol. The molecule has 2 aromatic rings. The van der Waals surface area contributed by atoms with Gasteiger partial charge in [0, 0.05) is 13.1 Å². The number of hydrogen-bond acceptors (Lipinski definition) is 4. The second-order valence-corrected chi connectivity index (χ2v) is 5.57. The maximum atomic E-state index is 12.0. The first-order valence-electron chi connectivity index (χ1n) is 6.20. The lowest BCUT2D eigenvalue weighted by atomic mass is 10.3. The molecule has 21 heavy (non-hydrogen) atoms. The normalized spacial score (nSPS) is 11.1. The van der Waals surface area contributed by atoms with E-state index in [9.17, 15) is 9.59 Å². The van der Waals surface area contributed by atoms with Crippen molar-refractivity contribution in [3.8, 4) is 0 Å². The first kappa shape index (κ1) is 15.8. The Labute approximate surface area is 131 Å². The number of hydrogen-bond donors (Lipinski definition) is 2. The van der Waals surface area contributed by atoms with Crippen LogP contribution in [0.1, 0.15) is 10.5 Å². The zero-order valence-corrected chi connectivity index (χ0v) is 13.0. The van der Waals surface area contributed by atoms with Crippen LogP contribution in [-0.4, -0.2) is 48.0 Å². The van der Waals surface area contributed by atoms with E-state index in [1.165, 1.54) is 12.1 Å². The molecule has 2 N–H and O–H groups in total. The van der Waals surface area contributed by atoms with Gasteiger partial charge >= 0.3 is 0 Å². The number of rotatable bonds is 4. The summed E-state index contributed by atoms with van der Waals surface area (Å²) in [5, 5.41) is 3.26. The number of fused-ring (bicyclic) bond motifs is 1. The second-order valence-electron chi connectivity index (χ2n) is 4.76. The second kappa shape index (κ2) is 6.43. The molecule has 0 fully saturated rings. The smallest absolute Gasteiger partial charge is 0.280 e. The first-order valence-corrected chi connectivity index (χ1v) is 6.96. The molecular weight excluding hydrogens is 315 g/mol. The van der Waals surface area contributed by atoms with Crippen LogP contribution in [0.4, 0.5) is 0 Å². The molecule has 0 saturated carbocycles. The Hall–Kier alpha value is -1.63. The lowest BCUT2D eigenvalue weighted by molar-refractivity contribution is 0.0945. The Balaban J connectivity index is 2.32. The minimum atomic E-state index is -0.566. The molecule has 1 aromatic carbocycles. The van der Waals surface area contributed by atoms with Crippen LogP contribution in [0.15, 0.2) is 16.9 Å². The third-order valence-corrected chi connectivity index (χ3v) is 3.52. The minimum absolute atomic E-state index is 0.195. The highest BCUT2D eigenvalue weighted by Gasteiger charge is 2.14. The van der Waals surface area contributed by atoms with Crippen LogP contribution in [0.5, 0.6) is 0 Å². The summed E-state index contributed by atoms with van der Waals surface area (Å²) in [6, 6.07) is 3.01. The minimum Gasteiger partial charge on any atom is -0.349 e. The van der Waals surface area contributed by atoms with Gasteiger partial charge < -0.3 is 15.2 Å². The summed E-state index contributed by atoms with van der Waals surface area (Å²) in [6.07, 6.45) is 0. The predicted molar refractivity (Wildman–Crippen MR) is 83.3 cm³/mol. The summed E-state index contributed by atoms with van der Waals surface area (Å²) in [7, 11) is 3.78. The lowest BCUT2D eigenvalue weighted by Crippen LogP contribution is -2.35. The van der Waals surface area contributed by atoms with E-state index in [-0.39, 0.29) is 5.69 Å². The van der Waals surface area contributed by atoms with Gasteiger partial charge in [0.25, 0.3) is 11.5 Å². The zero-order chi connectivity index (χ0) is 15.6. The summed E-state index contributed by atoms with van der Waals surface area (Å²) in [6.45, 7) is 1.09. The van der Waals surface area contributed by atoms with Crippen LogP contribution in [0.3, 0.4) is 0 Å². The Bertz CT molecular complexity index is 743. The van der Waals surface area contributed by atoms with Crippen molar-refractivity contribution in [2.45, 2.75) is 0 Å². The summed E-state index contributed by atoms with van der Waals surface area (Å²) < 4.78 is 0. The average Bonchev–Trinajstić information content (AvgIpc) is 2.39. The fraction of sp³-hybridized carbons (Fsp3) is 0.308. The van der Waals surface area contributed by atoms with Crippen molar-refractivity contribution in [2.75, 3.05) is 27.2 Å². The number of carbonyl (C=O) groups excluding carboxylic acids is 1. The van der Waals surface area contributed by atoms with Gasteiger partial charge in [-0.1, -0.05) is 23.2 Å². The maximum absolute atomic E-state index is 12.0. The summed E-state index contributed by atoms with van der Waals surface area (Å²) >= 11 is 11.8. The summed E-state index contributed by atoms with van der Waals surface area (Å²) in [4.78, 5) is 32.4. The van der Waals surface area contributed by atoms with Gasteiger partial charge in [-0.15, -0.1) is 0 Å². The van der Waals surface area contributed by atoms with Crippen molar-refractivity contribution in [1.82, 2.24) is 20.2 Å². The monoisotopic (exact) mass is 328 g/mol. The van der Waals surface area contributed by atoms with Gasteiger partial charge in [-0.25, -0.2) is 4.98 Å². The summed E-state index contributed by atoms with van der Waals surface area (Å²) in [5.74, 6) is -0.522. The Morgan fingerprint density at radius 3 is 2.67 bits per heavy atom. The first-order chi connectivity index (χ1) is 9.88. The topological polar surface area (TPSA) is 78.1 Å². The molecule has 0 spiro atoms. The SMILES string of the molecule is CN(C)CCNC(=O)c1nc2cc(Cl)c(Cl)cc2[nH]c1=O. The van der Waals surface area contributed by atoms with Crippen LogP contribution in [0.25, 0.3) is 11.0 Å². The molecule has 0 aliphatic heterocycles. The van der Waals surface area contributed by atoms with Crippen LogP contribution >= 0.6 is 23.2 Å². The fourth-order valence-corrected chi connectivity index (χ4v) is 2.03. The number of H-pyrrole nitrogens is 1. The van der Waals surface area contributed by atoms with E-state index in [0.29, 0.717) is 34.2 Å². The standard InChI is InChI=1S/C13H14Cl2N4O2/c1-19(2)4-3-16-12(20)11-13(21)18-10-6-8(15)7(14)5-9(10)17-11/h5-6H,3-4H2,1-2H3,(H,16,20)(H,18,21). The molecule has 1 amide bonds. The van der Waals surface area contributed by atoms with Gasteiger partial charge in [0.05, 0.1) is 21.1 Å². The van der Waals surface area contributed by atoms with Gasteiger partial charge in [0.1, 0.15) is 0 Å². The molecule has 2 rings (SSSR count). The largest absolute Gasteiger partial charge is 0.349 e. The Morgan fingerprint density at radius 2 is 2.00 bits per heavy atom. The maximum Gasteiger partial charge on any atom is 0.280 e. The van der Waals surface area contributed by atoms with E-state index in [1.807, 2.05) is 19.0 Å². The molecule has 0 aliphatic carbocycles. The van der Waals surface area contributed by atoms with Gasteiger partial charge in [0.15, 0.2) is 5.69 Å².